The van der Waals surface area contributed by atoms with Crippen molar-refractivity contribution in [2.75, 3.05) is 32.2 Å². The molecule has 0 aromatic carbocycles. The number of carbonyl (C=O) groups excluding carboxylic acids is 1. The quantitative estimate of drug-likeness (QED) is 0.656. The molecule has 0 bridgehead atoms. The molecule has 1 aromatic heterocycles. The van der Waals surface area contributed by atoms with Gasteiger partial charge in [0.05, 0.1) is 25.5 Å². The summed E-state index contributed by atoms with van der Waals surface area (Å²) in [4.78, 5) is 13.2. The van der Waals surface area contributed by atoms with Crippen molar-refractivity contribution < 1.29 is 27.9 Å². The molecule has 148 valence electrons. The third-order valence-corrected chi connectivity index (χ3v) is 7.20. The molecule has 8 nitrogen and oxygen atoms in total. The summed E-state index contributed by atoms with van der Waals surface area (Å²) in [5.74, 6) is -0.407. The van der Waals surface area contributed by atoms with E-state index in [4.69, 9.17) is 14.0 Å². The summed E-state index contributed by atoms with van der Waals surface area (Å²) < 4.78 is 35.5. The number of anilines is 1. The standard InChI is InChI=1S/C17H28N2O6S/c1-16(2,11-23-5)13-10-14(25-19-13)18-15(20)17(3,4)26(21,22)12-6-8-24-9-7-12/h6,10,21-22H,7-9,11H2,1-5H3,(H,18,20). The average Bonchev–Trinajstić information content (AvgIpc) is 3.05. The Bertz CT molecular complexity index is 681. The molecule has 0 saturated heterocycles. The summed E-state index contributed by atoms with van der Waals surface area (Å²) in [7, 11) is -1.72. The van der Waals surface area contributed by atoms with E-state index in [2.05, 4.69) is 10.5 Å². The summed E-state index contributed by atoms with van der Waals surface area (Å²) in [6.07, 6.45) is 2.02. The van der Waals surface area contributed by atoms with E-state index >= 15 is 0 Å². The van der Waals surface area contributed by atoms with Crippen LogP contribution in [0.2, 0.25) is 0 Å². The first-order valence-electron chi connectivity index (χ1n) is 8.34. The first kappa shape index (κ1) is 20.9. The van der Waals surface area contributed by atoms with Crippen molar-refractivity contribution in [3.05, 3.63) is 22.7 Å². The maximum atomic E-state index is 12.7. The van der Waals surface area contributed by atoms with Gasteiger partial charge in [0, 0.05) is 29.9 Å². The molecule has 0 atom stereocenters. The summed E-state index contributed by atoms with van der Waals surface area (Å²) >= 11 is 0. The number of amides is 1. The summed E-state index contributed by atoms with van der Waals surface area (Å²) in [5.41, 5.74) is 0.248. The maximum Gasteiger partial charge on any atom is 0.252 e. The molecule has 1 aliphatic heterocycles. The molecule has 0 saturated carbocycles. The summed E-state index contributed by atoms with van der Waals surface area (Å²) in [6.45, 7) is 8.04. The van der Waals surface area contributed by atoms with Gasteiger partial charge in [-0.3, -0.25) is 19.2 Å². The number of nitrogens with one attached hydrogen (secondary N) is 1. The number of aromatic nitrogens is 1. The lowest BCUT2D eigenvalue weighted by atomic mass is 9.90. The van der Waals surface area contributed by atoms with Crippen molar-refractivity contribution in [1.29, 1.82) is 0 Å². The molecule has 1 aliphatic rings. The van der Waals surface area contributed by atoms with Crippen molar-refractivity contribution in [3.8, 4) is 0 Å². The summed E-state index contributed by atoms with van der Waals surface area (Å²) in [6, 6.07) is 1.62. The first-order chi connectivity index (χ1) is 12.0. The molecule has 0 aliphatic carbocycles. The molecule has 3 N–H and O–H groups in total. The van der Waals surface area contributed by atoms with Gasteiger partial charge in [0.15, 0.2) is 0 Å². The zero-order chi connectivity index (χ0) is 19.6. The lowest BCUT2D eigenvalue weighted by Gasteiger charge is -2.47. The van der Waals surface area contributed by atoms with Gasteiger partial charge >= 0.3 is 0 Å². The Morgan fingerprint density at radius 3 is 2.65 bits per heavy atom. The van der Waals surface area contributed by atoms with E-state index in [0.717, 1.165) is 0 Å². The Morgan fingerprint density at radius 2 is 2.08 bits per heavy atom. The Kier molecular flexibility index (Phi) is 6.19. The van der Waals surface area contributed by atoms with E-state index in [-0.39, 0.29) is 11.3 Å². The van der Waals surface area contributed by atoms with E-state index in [1.165, 1.54) is 13.8 Å². The molecule has 2 heterocycles. The van der Waals surface area contributed by atoms with Gasteiger partial charge in [0.2, 0.25) is 5.88 Å². The van der Waals surface area contributed by atoms with Crippen LogP contribution in [-0.2, 0) is 19.7 Å². The molecule has 0 unspecified atom stereocenters. The molecule has 1 amide bonds. The molecule has 2 rings (SSSR count). The van der Waals surface area contributed by atoms with E-state index in [1.807, 2.05) is 13.8 Å². The second-order valence-corrected chi connectivity index (χ2v) is 10.0. The molecular weight excluding hydrogens is 360 g/mol. The highest BCUT2D eigenvalue weighted by Crippen LogP contribution is 2.60. The molecular formula is C17H28N2O6S. The van der Waals surface area contributed by atoms with Crippen molar-refractivity contribution in [2.45, 2.75) is 44.3 Å². The van der Waals surface area contributed by atoms with Crippen LogP contribution in [-0.4, -0.2) is 51.8 Å². The fraction of sp³-hybridized carbons (Fsp3) is 0.647. The lowest BCUT2D eigenvalue weighted by molar-refractivity contribution is -0.118. The lowest BCUT2D eigenvalue weighted by Crippen LogP contribution is -2.42. The molecule has 0 radical (unpaired) electrons. The molecule has 26 heavy (non-hydrogen) atoms. The third-order valence-electron chi connectivity index (χ3n) is 4.49. The van der Waals surface area contributed by atoms with Crippen LogP contribution < -0.4 is 5.32 Å². The van der Waals surface area contributed by atoms with Crippen LogP contribution in [0.5, 0.6) is 0 Å². The van der Waals surface area contributed by atoms with Gasteiger partial charge in [-0.15, -0.1) is 0 Å². The van der Waals surface area contributed by atoms with E-state index < -0.39 is 21.2 Å². The van der Waals surface area contributed by atoms with Crippen LogP contribution in [0.1, 0.15) is 39.8 Å². The van der Waals surface area contributed by atoms with Crippen molar-refractivity contribution in [1.82, 2.24) is 5.16 Å². The van der Waals surface area contributed by atoms with Crippen molar-refractivity contribution >= 4 is 22.4 Å². The molecule has 0 fully saturated rings. The number of hydrogen-bond donors (Lipinski definition) is 3. The van der Waals surface area contributed by atoms with E-state index in [0.29, 0.717) is 36.8 Å². The molecule has 9 heteroatoms. The topological polar surface area (TPSA) is 114 Å². The van der Waals surface area contributed by atoms with E-state index in [1.54, 1.807) is 19.3 Å². The van der Waals surface area contributed by atoms with Crippen LogP contribution in [0.15, 0.2) is 21.6 Å². The SMILES string of the molecule is COCC(C)(C)c1cc(NC(=O)C(C)(C)S(O)(O)C2=CCOCC2)on1. The Balaban J connectivity index is 2.16. The highest BCUT2D eigenvalue weighted by atomic mass is 32.3. The Morgan fingerprint density at radius 1 is 1.38 bits per heavy atom. The van der Waals surface area contributed by atoms with Crippen LogP contribution in [0, 0.1) is 0 Å². The van der Waals surface area contributed by atoms with Gasteiger partial charge in [0.25, 0.3) is 5.91 Å². The van der Waals surface area contributed by atoms with E-state index in [9.17, 15) is 13.9 Å². The van der Waals surface area contributed by atoms with Crippen LogP contribution in [0.25, 0.3) is 0 Å². The monoisotopic (exact) mass is 388 g/mol. The number of hydrogen-bond acceptors (Lipinski definition) is 7. The number of methoxy groups -OCH3 is 1. The fourth-order valence-electron chi connectivity index (χ4n) is 2.58. The van der Waals surface area contributed by atoms with Gasteiger partial charge < -0.3 is 14.0 Å². The van der Waals surface area contributed by atoms with Gasteiger partial charge in [0.1, 0.15) is 4.75 Å². The molecule has 1 aromatic rings. The van der Waals surface area contributed by atoms with Gasteiger partial charge in [-0.05, 0) is 19.9 Å². The maximum absolute atomic E-state index is 12.7. The Labute approximate surface area is 155 Å². The largest absolute Gasteiger partial charge is 0.384 e. The Hall–Kier alpha value is -1.39. The minimum Gasteiger partial charge on any atom is -0.384 e. The highest BCUT2D eigenvalue weighted by Gasteiger charge is 2.44. The van der Waals surface area contributed by atoms with Gasteiger partial charge in [-0.1, -0.05) is 19.0 Å². The van der Waals surface area contributed by atoms with Crippen LogP contribution >= 0.6 is 10.6 Å². The number of nitrogens with zero attached hydrogens (tertiary/aromatic N) is 1. The van der Waals surface area contributed by atoms with Crippen molar-refractivity contribution in [2.24, 2.45) is 0 Å². The van der Waals surface area contributed by atoms with Crippen LogP contribution in [0.4, 0.5) is 5.88 Å². The first-order valence-corrected chi connectivity index (χ1v) is 9.89. The second kappa shape index (κ2) is 7.69. The predicted molar refractivity (Wildman–Crippen MR) is 100 cm³/mol. The number of ether oxygens (including phenoxy) is 2. The van der Waals surface area contributed by atoms with Gasteiger partial charge in [-0.25, -0.2) is 0 Å². The minimum atomic E-state index is -3.32. The zero-order valence-electron chi connectivity index (χ0n) is 15.9. The number of rotatable bonds is 7. The number of carbonyl (C=O) groups is 1. The normalized spacial score (nSPS) is 17.0. The summed E-state index contributed by atoms with van der Waals surface area (Å²) in [5, 5.41) is 6.57. The molecule has 0 spiro atoms. The smallest absolute Gasteiger partial charge is 0.252 e. The zero-order valence-corrected chi connectivity index (χ0v) is 16.7. The second-order valence-electron chi connectivity index (χ2n) is 7.40. The third kappa shape index (κ3) is 4.12. The average molecular weight is 388 g/mol. The predicted octanol–water partition coefficient (Wildman–Crippen LogP) is 3.37. The fourth-order valence-corrected chi connectivity index (χ4v) is 4.21. The van der Waals surface area contributed by atoms with Gasteiger partial charge in [-0.2, -0.15) is 10.6 Å². The minimum absolute atomic E-state index is 0.151. The van der Waals surface area contributed by atoms with Crippen molar-refractivity contribution in [3.63, 3.8) is 0 Å². The highest BCUT2D eigenvalue weighted by molar-refractivity contribution is 8.29. The van der Waals surface area contributed by atoms with Crippen LogP contribution in [0.3, 0.4) is 0 Å².